The number of hydrogen-bond donors (Lipinski definition) is 1. The van der Waals surface area contributed by atoms with Crippen molar-refractivity contribution in [3.63, 3.8) is 0 Å². The van der Waals surface area contributed by atoms with Crippen LogP contribution in [0.4, 0.5) is 0 Å². The number of piperidine rings is 1. The predicted octanol–water partition coefficient (Wildman–Crippen LogP) is 4.09. The van der Waals surface area contributed by atoms with Gasteiger partial charge in [-0.15, -0.1) is 0 Å². The Hall–Kier alpha value is -0.440. The molecule has 2 unspecified atom stereocenters. The van der Waals surface area contributed by atoms with Crippen LogP contribution in [-0.4, -0.2) is 30.6 Å². The average Bonchev–Trinajstić information content (AvgIpc) is 2.75. The Morgan fingerprint density at radius 2 is 2.00 bits per heavy atom. The fraction of sp³-hybridized carbons (Fsp3) is 0.600. The van der Waals surface area contributed by atoms with Gasteiger partial charge in [-0.2, -0.15) is 0 Å². The van der Waals surface area contributed by atoms with Gasteiger partial charge in [0.25, 0.3) is 0 Å². The van der Waals surface area contributed by atoms with E-state index in [0.29, 0.717) is 22.0 Å². The topological polar surface area (TPSA) is 15.3 Å². The van der Waals surface area contributed by atoms with Crippen LogP contribution in [0.1, 0.15) is 27.2 Å². The lowest BCUT2D eigenvalue weighted by Crippen LogP contribution is -2.38. The van der Waals surface area contributed by atoms with E-state index in [1.807, 2.05) is 26.8 Å². The highest BCUT2D eigenvalue weighted by molar-refractivity contribution is 6.36. The fourth-order valence-electron chi connectivity index (χ4n) is 2.70. The Morgan fingerprint density at radius 1 is 1.32 bits per heavy atom. The molecular weight excluding hydrogens is 279 g/mol. The van der Waals surface area contributed by atoms with E-state index in [4.69, 9.17) is 23.2 Å². The van der Waals surface area contributed by atoms with Crippen molar-refractivity contribution in [2.45, 2.75) is 33.2 Å². The Bertz CT molecular complexity index is 374. The SMILES string of the molecule is C=C/C(Cl)=C(\C(Cl)=C/C)N1CC2CNCC1C2.CC. The number of hydrogen-bond acceptors (Lipinski definition) is 2. The third-order valence-electron chi connectivity index (χ3n) is 3.49. The first-order chi connectivity index (χ1) is 9.17. The Morgan fingerprint density at radius 3 is 2.53 bits per heavy atom. The van der Waals surface area contributed by atoms with E-state index >= 15 is 0 Å². The van der Waals surface area contributed by atoms with Crippen LogP contribution >= 0.6 is 23.2 Å². The highest BCUT2D eigenvalue weighted by atomic mass is 35.5. The molecule has 0 aliphatic carbocycles. The molecule has 2 heterocycles. The highest BCUT2D eigenvalue weighted by Crippen LogP contribution is 2.35. The van der Waals surface area contributed by atoms with E-state index in [0.717, 1.165) is 25.3 Å². The first-order valence-corrected chi connectivity index (χ1v) is 7.74. The van der Waals surface area contributed by atoms with Crippen LogP contribution in [0, 0.1) is 5.92 Å². The van der Waals surface area contributed by atoms with Crippen LogP contribution in [-0.2, 0) is 0 Å². The molecule has 1 N–H and O–H groups in total. The van der Waals surface area contributed by atoms with E-state index in [1.54, 1.807) is 6.08 Å². The van der Waals surface area contributed by atoms with Gasteiger partial charge >= 0.3 is 0 Å². The molecule has 0 saturated carbocycles. The summed E-state index contributed by atoms with van der Waals surface area (Å²) < 4.78 is 0. The normalized spacial score (nSPS) is 27.4. The standard InChI is InChI=1S/C13H18Cl2N2.C2H6/c1-3-11(14)13(12(15)4-2)17-8-9-5-10(17)7-16-6-9;1-2/h3-4,9-10,16H,1,5-8H2,2H3;1-2H3/b12-4+,13-11-;. The van der Waals surface area contributed by atoms with Crippen LogP contribution in [0.25, 0.3) is 0 Å². The summed E-state index contributed by atoms with van der Waals surface area (Å²) in [7, 11) is 0. The molecule has 0 aromatic heterocycles. The van der Waals surface area contributed by atoms with Crippen LogP contribution < -0.4 is 5.32 Å². The van der Waals surface area contributed by atoms with Crippen molar-refractivity contribution in [2.75, 3.05) is 19.6 Å². The number of rotatable bonds is 3. The molecule has 0 spiro atoms. The summed E-state index contributed by atoms with van der Waals surface area (Å²) in [4.78, 5) is 2.33. The summed E-state index contributed by atoms with van der Waals surface area (Å²) in [6.45, 7) is 12.8. The summed E-state index contributed by atoms with van der Waals surface area (Å²) in [6.07, 6.45) is 4.78. The number of nitrogens with one attached hydrogen (secondary N) is 1. The van der Waals surface area contributed by atoms with Gasteiger partial charge in [0.15, 0.2) is 0 Å². The smallest absolute Gasteiger partial charge is 0.0744 e. The molecule has 0 aromatic rings. The Balaban J connectivity index is 0.000000861. The number of halogens is 2. The molecule has 2 saturated heterocycles. The second-order valence-corrected chi connectivity index (χ2v) is 5.42. The summed E-state index contributed by atoms with van der Waals surface area (Å²) in [5.74, 6) is 0.708. The summed E-state index contributed by atoms with van der Waals surface area (Å²) in [5.41, 5.74) is 0.932. The molecular formula is C15H24Cl2N2. The lowest BCUT2D eigenvalue weighted by atomic mass is 10.0. The van der Waals surface area contributed by atoms with Crippen molar-refractivity contribution < 1.29 is 0 Å². The van der Waals surface area contributed by atoms with Gasteiger partial charge in [-0.3, -0.25) is 0 Å². The first kappa shape index (κ1) is 16.6. The zero-order valence-corrected chi connectivity index (χ0v) is 13.6. The lowest BCUT2D eigenvalue weighted by molar-refractivity contribution is 0.322. The molecule has 2 fully saturated rings. The third kappa shape index (κ3) is 3.77. The number of allylic oxidation sites excluding steroid dienone is 4. The third-order valence-corrected chi connectivity index (χ3v) is 4.22. The molecule has 2 atom stereocenters. The Labute approximate surface area is 127 Å². The fourth-order valence-corrected chi connectivity index (χ4v) is 3.17. The Kier molecular flexibility index (Phi) is 6.98. The van der Waals surface area contributed by atoms with Crippen LogP contribution in [0.5, 0.6) is 0 Å². The molecule has 2 rings (SSSR count). The highest BCUT2D eigenvalue weighted by Gasteiger charge is 2.37. The van der Waals surface area contributed by atoms with E-state index in [9.17, 15) is 0 Å². The molecule has 2 aliphatic rings. The summed E-state index contributed by atoms with van der Waals surface area (Å²) in [6, 6.07) is 0.506. The van der Waals surface area contributed by atoms with E-state index in [1.165, 1.54) is 6.42 Å². The minimum Gasteiger partial charge on any atom is -0.365 e. The summed E-state index contributed by atoms with van der Waals surface area (Å²) >= 11 is 12.5. The van der Waals surface area contributed by atoms with Crippen molar-refractivity contribution in [3.05, 3.63) is 34.5 Å². The molecule has 2 bridgehead atoms. The largest absolute Gasteiger partial charge is 0.365 e. The molecule has 19 heavy (non-hydrogen) atoms. The number of nitrogens with zero attached hydrogens (tertiary/aromatic N) is 1. The van der Waals surface area contributed by atoms with Gasteiger partial charge in [0.05, 0.1) is 15.8 Å². The summed E-state index contributed by atoms with van der Waals surface area (Å²) in [5, 5.41) is 4.80. The van der Waals surface area contributed by atoms with Gasteiger partial charge in [-0.25, -0.2) is 0 Å². The zero-order chi connectivity index (χ0) is 14.4. The van der Waals surface area contributed by atoms with Crippen molar-refractivity contribution in [2.24, 2.45) is 5.92 Å². The number of fused-ring (bicyclic) bond motifs is 2. The molecule has 2 nitrogen and oxygen atoms in total. The maximum atomic E-state index is 6.28. The van der Waals surface area contributed by atoms with Crippen LogP contribution in [0.3, 0.4) is 0 Å². The molecule has 108 valence electrons. The van der Waals surface area contributed by atoms with E-state index in [-0.39, 0.29) is 0 Å². The maximum absolute atomic E-state index is 6.28. The molecule has 4 heteroatoms. The van der Waals surface area contributed by atoms with Crippen LogP contribution in [0.2, 0.25) is 0 Å². The maximum Gasteiger partial charge on any atom is 0.0744 e. The minimum atomic E-state index is 0.506. The second kappa shape index (κ2) is 7.98. The lowest BCUT2D eigenvalue weighted by Gasteiger charge is -2.29. The van der Waals surface area contributed by atoms with Gasteiger partial charge in [-0.1, -0.05) is 49.7 Å². The van der Waals surface area contributed by atoms with Crippen molar-refractivity contribution in [1.82, 2.24) is 10.2 Å². The quantitative estimate of drug-likeness (QED) is 0.790. The minimum absolute atomic E-state index is 0.506. The predicted molar refractivity (Wildman–Crippen MR) is 85.5 cm³/mol. The van der Waals surface area contributed by atoms with Crippen LogP contribution in [0.15, 0.2) is 34.5 Å². The van der Waals surface area contributed by atoms with Gasteiger partial charge in [0.2, 0.25) is 0 Å². The van der Waals surface area contributed by atoms with E-state index < -0.39 is 0 Å². The molecule has 2 aliphatic heterocycles. The van der Waals surface area contributed by atoms with Crippen molar-refractivity contribution in [1.29, 1.82) is 0 Å². The van der Waals surface area contributed by atoms with Gasteiger partial charge in [-0.05, 0) is 31.9 Å². The number of likely N-dealkylation sites (tertiary alicyclic amines) is 1. The molecule has 0 aromatic carbocycles. The second-order valence-electron chi connectivity index (χ2n) is 4.60. The monoisotopic (exact) mass is 302 g/mol. The van der Waals surface area contributed by atoms with Crippen molar-refractivity contribution in [3.8, 4) is 0 Å². The molecule has 0 amide bonds. The van der Waals surface area contributed by atoms with Gasteiger partial charge in [0.1, 0.15) is 0 Å². The van der Waals surface area contributed by atoms with Gasteiger partial charge in [0, 0.05) is 19.1 Å². The molecule has 0 radical (unpaired) electrons. The first-order valence-electron chi connectivity index (χ1n) is 6.99. The average molecular weight is 303 g/mol. The van der Waals surface area contributed by atoms with E-state index in [2.05, 4.69) is 16.8 Å². The van der Waals surface area contributed by atoms with Crippen molar-refractivity contribution >= 4 is 23.2 Å². The van der Waals surface area contributed by atoms with Gasteiger partial charge < -0.3 is 10.2 Å². The zero-order valence-electron chi connectivity index (χ0n) is 12.0.